The molecule has 164 valence electrons. The van der Waals surface area contributed by atoms with Gasteiger partial charge in [-0.3, -0.25) is 0 Å². The van der Waals surface area contributed by atoms with Crippen LogP contribution < -0.4 is 0 Å². The maximum Gasteiger partial charge on any atom is -0.0124 e. The van der Waals surface area contributed by atoms with Crippen LogP contribution in [-0.4, -0.2) is 0 Å². The highest BCUT2D eigenvalue weighted by Gasteiger charge is 2.21. The summed E-state index contributed by atoms with van der Waals surface area (Å²) < 4.78 is 0. The largest absolute Gasteiger partial charge is 0.0654 e. The lowest BCUT2D eigenvalue weighted by molar-refractivity contribution is 0.308. The Bertz CT molecular complexity index is 701. The van der Waals surface area contributed by atoms with Crippen LogP contribution in [0.2, 0.25) is 0 Å². The molecule has 0 nitrogen and oxygen atoms in total. The van der Waals surface area contributed by atoms with Crippen molar-refractivity contribution >= 4 is 0 Å². The smallest absolute Gasteiger partial charge is 0.0124 e. The van der Waals surface area contributed by atoms with Crippen molar-refractivity contribution in [1.82, 2.24) is 0 Å². The molecule has 30 heavy (non-hydrogen) atoms. The van der Waals surface area contributed by atoms with Crippen molar-refractivity contribution in [3.63, 3.8) is 0 Å². The van der Waals surface area contributed by atoms with Crippen LogP contribution in [0.25, 0.3) is 0 Å². The zero-order valence-electron chi connectivity index (χ0n) is 19.8. The Morgan fingerprint density at radius 2 is 1.40 bits per heavy atom. The maximum atomic E-state index is 2.43. The number of benzene rings is 2. The van der Waals surface area contributed by atoms with Crippen molar-refractivity contribution in [2.24, 2.45) is 5.92 Å². The van der Waals surface area contributed by atoms with Gasteiger partial charge in [0.25, 0.3) is 0 Å². The maximum absolute atomic E-state index is 2.43. The Balaban J connectivity index is 1.54. The van der Waals surface area contributed by atoms with E-state index in [2.05, 4.69) is 69.3 Å². The first kappa shape index (κ1) is 23.1. The van der Waals surface area contributed by atoms with Crippen LogP contribution in [0.15, 0.2) is 48.5 Å². The monoisotopic (exact) mass is 404 g/mol. The number of hydrogen-bond acceptors (Lipinski definition) is 0. The van der Waals surface area contributed by atoms with Crippen LogP contribution >= 0.6 is 0 Å². The highest BCUT2D eigenvalue weighted by molar-refractivity contribution is 5.30. The number of hydrogen-bond donors (Lipinski definition) is 0. The van der Waals surface area contributed by atoms with E-state index < -0.39 is 0 Å². The topological polar surface area (TPSA) is 0 Å². The molecule has 0 heterocycles. The molecule has 0 unspecified atom stereocenters. The highest BCUT2D eigenvalue weighted by atomic mass is 14.3. The first-order valence-electron chi connectivity index (χ1n) is 12.9. The van der Waals surface area contributed by atoms with Crippen LogP contribution in [0.5, 0.6) is 0 Å². The third-order valence-electron chi connectivity index (χ3n) is 7.49. The number of rotatable bonds is 11. The molecule has 2 aromatic rings. The first-order valence-corrected chi connectivity index (χ1v) is 12.9. The fraction of sp³-hybridized carbons (Fsp3) is 0.600. The highest BCUT2D eigenvalue weighted by Crippen LogP contribution is 2.37. The summed E-state index contributed by atoms with van der Waals surface area (Å²) in [5.74, 6) is 2.42. The number of aryl methyl sites for hydroxylation is 1. The Morgan fingerprint density at radius 1 is 0.733 bits per heavy atom. The van der Waals surface area contributed by atoms with E-state index in [1.165, 1.54) is 87.3 Å². The fourth-order valence-corrected chi connectivity index (χ4v) is 5.44. The third-order valence-corrected chi connectivity index (χ3v) is 7.49. The predicted molar refractivity (Wildman–Crippen MR) is 132 cm³/mol. The van der Waals surface area contributed by atoms with Gasteiger partial charge in [-0.2, -0.15) is 0 Å². The van der Waals surface area contributed by atoms with E-state index in [0.717, 1.165) is 18.3 Å². The molecule has 0 radical (unpaired) electrons. The van der Waals surface area contributed by atoms with Gasteiger partial charge in [-0.1, -0.05) is 95.0 Å². The molecule has 0 aromatic heterocycles. The molecule has 0 heteroatoms. The lowest BCUT2D eigenvalue weighted by Gasteiger charge is -2.28. The second kappa shape index (κ2) is 12.3. The normalized spacial score (nSPS) is 20.2. The summed E-state index contributed by atoms with van der Waals surface area (Å²) in [5.41, 5.74) is 6.09. The van der Waals surface area contributed by atoms with Gasteiger partial charge in [0.15, 0.2) is 0 Å². The van der Waals surface area contributed by atoms with Gasteiger partial charge < -0.3 is 0 Å². The van der Waals surface area contributed by atoms with Gasteiger partial charge in [-0.25, -0.2) is 0 Å². The standard InChI is InChI=1S/C30H44/c1-4-7-8-10-25-13-17-28(18-14-25)27(6-3)23-26-15-21-30(22-16-26)29-19-11-24(9-5-2)12-20-29/h13-18,21-22,24,27,29H,4-12,19-20,23H2,1-3H3/t24?,27-,29?/m1/s1. The quantitative estimate of drug-likeness (QED) is 0.327. The predicted octanol–water partition coefficient (Wildman–Crippen LogP) is 9.23. The van der Waals surface area contributed by atoms with E-state index in [-0.39, 0.29) is 0 Å². The van der Waals surface area contributed by atoms with Gasteiger partial charge in [0.05, 0.1) is 0 Å². The van der Waals surface area contributed by atoms with Crippen LogP contribution in [-0.2, 0) is 12.8 Å². The molecule has 1 saturated carbocycles. The Hall–Kier alpha value is -1.56. The molecule has 1 fully saturated rings. The zero-order chi connectivity index (χ0) is 21.2. The Morgan fingerprint density at radius 3 is 2.00 bits per heavy atom. The van der Waals surface area contributed by atoms with Crippen molar-refractivity contribution < 1.29 is 0 Å². The average Bonchev–Trinajstić information content (AvgIpc) is 2.79. The molecule has 0 bridgehead atoms. The Labute approximate surface area is 186 Å². The van der Waals surface area contributed by atoms with E-state index in [9.17, 15) is 0 Å². The zero-order valence-corrected chi connectivity index (χ0v) is 19.8. The van der Waals surface area contributed by atoms with Gasteiger partial charge in [-0.15, -0.1) is 0 Å². The number of unbranched alkanes of at least 4 members (excludes halogenated alkanes) is 2. The van der Waals surface area contributed by atoms with Crippen molar-refractivity contribution in [2.75, 3.05) is 0 Å². The molecule has 1 aliphatic carbocycles. The third kappa shape index (κ3) is 6.73. The van der Waals surface area contributed by atoms with Crippen LogP contribution in [0.4, 0.5) is 0 Å². The summed E-state index contributed by atoms with van der Waals surface area (Å²) >= 11 is 0. The lowest BCUT2D eigenvalue weighted by atomic mass is 9.77. The van der Waals surface area contributed by atoms with Crippen LogP contribution in [0.3, 0.4) is 0 Å². The summed E-state index contributed by atoms with van der Waals surface area (Å²) in [6, 6.07) is 19.2. The molecule has 3 rings (SSSR count). The summed E-state index contributed by atoms with van der Waals surface area (Å²) in [6.07, 6.45) is 16.0. The minimum Gasteiger partial charge on any atom is -0.0654 e. The van der Waals surface area contributed by atoms with Gasteiger partial charge in [0.2, 0.25) is 0 Å². The molecule has 0 N–H and O–H groups in total. The summed E-state index contributed by atoms with van der Waals surface area (Å²) in [6.45, 7) is 6.94. The molecule has 0 amide bonds. The van der Waals surface area contributed by atoms with Gasteiger partial charge >= 0.3 is 0 Å². The fourth-order valence-electron chi connectivity index (χ4n) is 5.44. The minimum absolute atomic E-state index is 0.630. The SMILES string of the molecule is CCCCCc1ccc([C@H](CC)Cc2ccc(C3CCC(CCC)CC3)cc2)cc1. The second-order valence-corrected chi connectivity index (χ2v) is 9.76. The van der Waals surface area contributed by atoms with Crippen LogP contribution in [0.1, 0.15) is 119 Å². The molecular formula is C30H44. The molecule has 0 spiro atoms. The second-order valence-electron chi connectivity index (χ2n) is 9.76. The van der Waals surface area contributed by atoms with Crippen LogP contribution in [0, 0.1) is 5.92 Å². The average molecular weight is 405 g/mol. The van der Waals surface area contributed by atoms with Crippen molar-refractivity contribution in [3.8, 4) is 0 Å². The van der Waals surface area contributed by atoms with Crippen molar-refractivity contribution in [2.45, 2.75) is 110 Å². The molecule has 0 aliphatic heterocycles. The Kier molecular flexibility index (Phi) is 9.50. The van der Waals surface area contributed by atoms with Gasteiger partial charge in [0, 0.05) is 0 Å². The van der Waals surface area contributed by atoms with Crippen molar-refractivity contribution in [3.05, 3.63) is 70.8 Å². The van der Waals surface area contributed by atoms with Crippen molar-refractivity contribution in [1.29, 1.82) is 0 Å². The van der Waals surface area contributed by atoms with E-state index >= 15 is 0 Å². The molecular weight excluding hydrogens is 360 g/mol. The summed E-state index contributed by atoms with van der Waals surface area (Å²) in [4.78, 5) is 0. The molecule has 2 aromatic carbocycles. The van der Waals surface area contributed by atoms with Gasteiger partial charge in [-0.05, 0) is 91.4 Å². The van der Waals surface area contributed by atoms with E-state index in [1.54, 1.807) is 5.56 Å². The summed E-state index contributed by atoms with van der Waals surface area (Å²) in [5, 5.41) is 0. The summed E-state index contributed by atoms with van der Waals surface area (Å²) in [7, 11) is 0. The lowest BCUT2D eigenvalue weighted by Crippen LogP contribution is -2.13. The van der Waals surface area contributed by atoms with E-state index in [4.69, 9.17) is 0 Å². The molecule has 0 saturated heterocycles. The first-order chi connectivity index (χ1) is 14.7. The van der Waals surface area contributed by atoms with Gasteiger partial charge in [0.1, 0.15) is 0 Å². The van der Waals surface area contributed by atoms with E-state index in [1.807, 2.05) is 0 Å². The minimum atomic E-state index is 0.630. The van der Waals surface area contributed by atoms with E-state index in [0.29, 0.717) is 5.92 Å². The molecule has 1 aliphatic rings. The molecule has 1 atom stereocenters.